The molecule has 1 unspecified atom stereocenters. The van der Waals surface area contributed by atoms with Gasteiger partial charge in [-0.15, -0.1) is 10.2 Å². The van der Waals surface area contributed by atoms with E-state index < -0.39 is 0 Å². The maximum atomic E-state index is 6.17. The second kappa shape index (κ2) is 6.13. The molecule has 5 nitrogen and oxygen atoms in total. The number of aromatic nitrogens is 3. The Morgan fingerprint density at radius 3 is 2.83 bits per heavy atom. The van der Waals surface area contributed by atoms with Crippen LogP contribution in [0.25, 0.3) is 0 Å². The molecule has 2 fully saturated rings. The van der Waals surface area contributed by atoms with Crippen molar-refractivity contribution < 1.29 is 4.74 Å². The summed E-state index contributed by atoms with van der Waals surface area (Å²) in [6.45, 7) is 2.75. The standard InChI is InChI=1S/C17H21ClN4O/c1-21-16(19-20-17(21)12-6-7-12)11-22-9-8-13(10-22)23-15-5-3-2-4-14(15)18/h2-5,12-13H,6-11H2,1H3. The number of hydrogen-bond acceptors (Lipinski definition) is 4. The van der Waals surface area contributed by atoms with Crippen molar-refractivity contribution in [2.45, 2.75) is 37.8 Å². The zero-order chi connectivity index (χ0) is 15.8. The van der Waals surface area contributed by atoms with Crippen molar-refractivity contribution in [2.75, 3.05) is 13.1 Å². The maximum Gasteiger partial charge on any atom is 0.146 e. The number of para-hydroxylation sites is 1. The van der Waals surface area contributed by atoms with Gasteiger partial charge in [0.1, 0.15) is 23.5 Å². The summed E-state index contributed by atoms with van der Waals surface area (Å²) in [4.78, 5) is 2.38. The van der Waals surface area contributed by atoms with E-state index in [1.165, 1.54) is 12.8 Å². The van der Waals surface area contributed by atoms with Crippen molar-refractivity contribution in [3.05, 3.63) is 40.9 Å². The van der Waals surface area contributed by atoms with Crippen molar-refractivity contribution in [3.8, 4) is 5.75 Å². The molecule has 6 heteroatoms. The molecule has 0 amide bonds. The molecule has 0 N–H and O–H groups in total. The van der Waals surface area contributed by atoms with Crippen LogP contribution in [0.4, 0.5) is 0 Å². The van der Waals surface area contributed by atoms with Gasteiger partial charge in [0.2, 0.25) is 0 Å². The zero-order valence-corrected chi connectivity index (χ0v) is 14.0. The van der Waals surface area contributed by atoms with E-state index in [0.717, 1.165) is 43.5 Å². The minimum absolute atomic E-state index is 0.186. The zero-order valence-electron chi connectivity index (χ0n) is 13.3. The van der Waals surface area contributed by atoms with E-state index in [9.17, 15) is 0 Å². The lowest BCUT2D eigenvalue weighted by Gasteiger charge is -2.17. The minimum Gasteiger partial charge on any atom is -0.487 e. The second-order valence-corrected chi connectivity index (χ2v) is 6.91. The Labute approximate surface area is 141 Å². The molecule has 0 radical (unpaired) electrons. The summed E-state index contributed by atoms with van der Waals surface area (Å²) in [5, 5.41) is 9.40. The maximum absolute atomic E-state index is 6.17. The topological polar surface area (TPSA) is 43.2 Å². The molecule has 1 aliphatic heterocycles. The Bertz CT molecular complexity index is 698. The van der Waals surface area contributed by atoms with E-state index in [2.05, 4.69) is 26.7 Å². The number of rotatable bonds is 5. The van der Waals surface area contributed by atoms with Crippen molar-refractivity contribution in [2.24, 2.45) is 7.05 Å². The SMILES string of the molecule is Cn1c(CN2CCC(Oc3ccccc3Cl)C2)nnc1C1CC1. The largest absolute Gasteiger partial charge is 0.487 e. The van der Waals surface area contributed by atoms with E-state index in [0.29, 0.717) is 10.9 Å². The third kappa shape index (κ3) is 3.21. The Balaban J connectivity index is 1.36. The summed E-state index contributed by atoms with van der Waals surface area (Å²) in [5.41, 5.74) is 0. The van der Waals surface area contributed by atoms with Gasteiger partial charge in [-0.05, 0) is 31.4 Å². The smallest absolute Gasteiger partial charge is 0.146 e. The Hall–Kier alpha value is -1.59. The molecular formula is C17H21ClN4O. The lowest BCUT2D eigenvalue weighted by molar-refractivity contribution is 0.197. The summed E-state index contributed by atoms with van der Waals surface area (Å²) in [5.74, 6) is 3.60. The molecule has 0 spiro atoms. The molecule has 1 saturated carbocycles. The average Bonchev–Trinajstić information content (AvgIpc) is 3.19. The Morgan fingerprint density at radius 1 is 1.22 bits per heavy atom. The van der Waals surface area contributed by atoms with E-state index >= 15 is 0 Å². The van der Waals surface area contributed by atoms with Gasteiger partial charge in [0.25, 0.3) is 0 Å². The molecule has 2 heterocycles. The highest BCUT2D eigenvalue weighted by atomic mass is 35.5. The summed E-state index contributed by atoms with van der Waals surface area (Å²) in [6.07, 6.45) is 3.71. The van der Waals surface area contributed by atoms with E-state index in [4.69, 9.17) is 16.3 Å². The first-order valence-corrected chi connectivity index (χ1v) is 8.60. The molecule has 2 aromatic rings. The van der Waals surface area contributed by atoms with Gasteiger partial charge in [0, 0.05) is 26.1 Å². The Kier molecular flexibility index (Phi) is 3.99. The van der Waals surface area contributed by atoms with Gasteiger partial charge in [0.05, 0.1) is 11.6 Å². The number of nitrogens with zero attached hydrogens (tertiary/aromatic N) is 4. The van der Waals surface area contributed by atoms with E-state index in [-0.39, 0.29) is 6.10 Å². The summed E-state index contributed by atoms with van der Waals surface area (Å²) in [6, 6.07) is 7.66. The lowest BCUT2D eigenvalue weighted by Crippen LogP contribution is -2.26. The van der Waals surface area contributed by atoms with Gasteiger partial charge in [-0.2, -0.15) is 0 Å². The normalized spacial score (nSPS) is 21.7. The molecule has 1 aromatic carbocycles. The average molecular weight is 333 g/mol. The third-order valence-electron chi connectivity index (χ3n) is 4.67. The summed E-state index contributed by atoms with van der Waals surface area (Å²) < 4.78 is 8.21. The van der Waals surface area contributed by atoms with Crippen molar-refractivity contribution in [3.63, 3.8) is 0 Å². The molecule has 23 heavy (non-hydrogen) atoms. The van der Waals surface area contributed by atoms with Crippen molar-refractivity contribution >= 4 is 11.6 Å². The van der Waals surface area contributed by atoms with Crippen LogP contribution in [-0.2, 0) is 13.6 Å². The predicted molar refractivity (Wildman–Crippen MR) is 88.7 cm³/mol. The molecule has 1 saturated heterocycles. The van der Waals surface area contributed by atoms with Crippen molar-refractivity contribution in [1.82, 2.24) is 19.7 Å². The van der Waals surface area contributed by atoms with Gasteiger partial charge in [-0.25, -0.2) is 0 Å². The van der Waals surface area contributed by atoms with E-state index in [1.807, 2.05) is 24.3 Å². The fourth-order valence-corrected chi connectivity index (χ4v) is 3.35. The first kappa shape index (κ1) is 15.0. The van der Waals surface area contributed by atoms with Crippen LogP contribution in [0.15, 0.2) is 24.3 Å². The van der Waals surface area contributed by atoms with Crippen LogP contribution in [0.1, 0.15) is 36.8 Å². The monoisotopic (exact) mass is 332 g/mol. The van der Waals surface area contributed by atoms with Crippen LogP contribution in [0, 0.1) is 0 Å². The molecule has 1 aromatic heterocycles. The quantitative estimate of drug-likeness (QED) is 0.844. The number of ether oxygens (including phenoxy) is 1. The molecular weight excluding hydrogens is 312 g/mol. The van der Waals surface area contributed by atoms with Crippen LogP contribution in [0.2, 0.25) is 5.02 Å². The number of hydrogen-bond donors (Lipinski definition) is 0. The molecule has 2 aliphatic rings. The minimum atomic E-state index is 0.186. The number of benzene rings is 1. The molecule has 1 aliphatic carbocycles. The third-order valence-corrected chi connectivity index (χ3v) is 4.98. The van der Waals surface area contributed by atoms with Gasteiger partial charge < -0.3 is 9.30 Å². The highest BCUT2D eigenvalue weighted by Crippen LogP contribution is 2.38. The van der Waals surface area contributed by atoms with Crippen LogP contribution in [-0.4, -0.2) is 38.9 Å². The first-order valence-electron chi connectivity index (χ1n) is 8.22. The van der Waals surface area contributed by atoms with E-state index in [1.54, 1.807) is 0 Å². The summed E-state index contributed by atoms with van der Waals surface area (Å²) in [7, 11) is 2.08. The van der Waals surface area contributed by atoms with Crippen LogP contribution < -0.4 is 4.74 Å². The van der Waals surface area contributed by atoms with Gasteiger partial charge >= 0.3 is 0 Å². The molecule has 1 atom stereocenters. The first-order chi connectivity index (χ1) is 11.2. The lowest BCUT2D eigenvalue weighted by atomic mass is 10.3. The molecule has 0 bridgehead atoms. The summed E-state index contributed by atoms with van der Waals surface area (Å²) >= 11 is 6.17. The molecule has 4 rings (SSSR count). The van der Waals surface area contributed by atoms with Gasteiger partial charge in [-0.1, -0.05) is 23.7 Å². The van der Waals surface area contributed by atoms with Crippen molar-refractivity contribution in [1.29, 1.82) is 0 Å². The fraction of sp³-hybridized carbons (Fsp3) is 0.529. The van der Waals surface area contributed by atoms with Crippen LogP contribution in [0.3, 0.4) is 0 Å². The second-order valence-electron chi connectivity index (χ2n) is 6.50. The van der Waals surface area contributed by atoms with Crippen LogP contribution >= 0.6 is 11.6 Å². The number of halogens is 1. The fourth-order valence-electron chi connectivity index (χ4n) is 3.17. The molecule has 122 valence electrons. The van der Waals surface area contributed by atoms with Gasteiger partial charge in [0.15, 0.2) is 0 Å². The Morgan fingerprint density at radius 2 is 2.04 bits per heavy atom. The number of likely N-dealkylation sites (tertiary alicyclic amines) is 1. The predicted octanol–water partition coefficient (Wildman–Crippen LogP) is 3.00. The highest BCUT2D eigenvalue weighted by molar-refractivity contribution is 6.32. The van der Waals surface area contributed by atoms with Gasteiger partial charge in [-0.3, -0.25) is 4.90 Å². The highest BCUT2D eigenvalue weighted by Gasteiger charge is 2.30. The van der Waals surface area contributed by atoms with Crippen LogP contribution in [0.5, 0.6) is 5.75 Å².